The third-order valence-electron chi connectivity index (χ3n) is 2.17. The van der Waals surface area contributed by atoms with E-state index in [-0.39, 0.29) is 0 Å². The summed E-state index contributed by atoms with van der Waals surface area (Å²) in [5.41, 5.74) is 8.48. The summed E-state index contributed by atoms with van der Waals surface area (Å²) in [6.45, 7) is 4.46. The fourth-order valence-corrected chi connectivity index (χ4v) is 2.32. The van der Waals surface area contributed by atoms with Crippen molar-refractivity contribution in [3.63, 3.8) is 0 Å². The van der Waals surface area contributed by atoms with Crippen LogP contribution in [-0.4, -0.2) is 15.0 Å². The number of hydrogen-bond acceptors (Lipinski definition) is 5. The maximum atomic E-state index is 5.47. The Kier molecular flexibility index (Phi) is 3.71. The Morgan fingerprint density at radius 2 is 1.94 bits per heavy atom. The minimum atomic E-state index is 0.416. The fraction of sp³-hybridized carbons (Fsp3) is 0.250. The predicted octanol–water partition coefficient (Wildman–Crippen LogP) is 2.10. The van der Waals surface area contributed by atoms with E-state index in [9.17, 15) is 0 Å². The second-order valence-electron chi connectivity index (χ2n) is 3.78. The Morgan fingerprint density at radius 1 is 1.12 bits per heavy atom. The van der Waals surface area contributed by atoms with Crippen LogP contribution in [0.4, 0.5) is 0 Å². The van der Waals surface area contributed by atoms with Gasteiger partial charge in [-0.25, -0.2) is 9.97 Å². The zero-order chi connectivity index (χ0) is 12.3. The van der Waals surface area contributed by atoms with Gasteiger partial charge in [-0.05, 0) is 43.3 Å². The largest absolute Gasteiger partial charge is 0.325 e. The third-order valence-corrected chi connectivity index (χ3v) is 3.01. The van der Waals surface area contributed by atoms with E-state index < -0.39 is 0 Å². The van der Waals surface area contributed by atoms with Gasteiger partial charge in [0.2, 0.25) is 0 Å². The first-order valence-corrected chi connectivity index (χ1v) is 6.13. The summed E-state index contributed by atoms with van der Waals surface area (Å²) >= 11 is 1.51. The van der Waals surface area contributed by atoms with Crippen molar-refractivity contribution in [3.05, 3.63) is 41.5 Å². The van der Waals surface area contributed by atoms with Gasteiger partial charge in [-0.1, -0.05) is 0 Å². The molecular formula is C12H14N4S. The molecule has 88 valence electrons. The van der Waals surface area contributed by atoms with Crippen LogP contribution in [0.3, 0.4) is 0 Å². The first kappa shape index (κ1) is 12.0. The quantitative estimate of drug-likeness (QED) is 0.898. The van der Waals surface area contributed by atoms with Crippen molar-refractivity contribution in [1.82, 2.24) is 15.0 Å². The van der Waals surface area contributed by atoms with Crippen LogP contribution in [-0.2, 0) is 6.54 Å². The highest BCUT2D eigenvalue weighted by Crippen LogP contribution is 2.24. The van der Waals surface area contributed by atoms with Crippen molar-refractivity contribution in [1.29, 1.82) is 0 Å². The molecule has 2 aromatic heterocycles. The molecule has 0 saturated heterocycles. The molecule has 0 aliphatic rings. The first-order valence-electron chi connectivity index (χ1n) is 5.31. The molecule has 0 saturated carbocycles. The topological polar surface area (TPSA) is 64.7 Å². The minimum Gasteiger partial charge on any atom is -0.325 e. The molecule has 4 nitrogen and oxygen atoms in total. The highest BCUT2D eigenvalue weighted by molar-refractivity contribution is 7.99. The van der Waals surface area contributed by atoms with Crippen LogP contribution >= 0.6 is 11.8 Å². The number of aryl methyl sites for hydroxylation is 2. The zero-order valence-corrected chi connectivity index (χ0v) is 10.7. The van der Waals surface area contributed by atoms with Gasteiger partial charge in [0.05, 0.1) is 18.1 Å². The summed E-state index contributed by atoms with van der Waals surface area (Å²) < 4.78 is 0. The monoisotopic (exact) mass is 246 g/mol. The van der Waals surface area contributed by atoms with Gasteiger partial charge in [-0.2, -0.15) is 0 Å². The number of pyridine rings is 1. The van der Waals surface area contributed by atoms with Gasteiger partial charge in [-0.15, -0.1) is 0 Å². The highest BCUT2D eigenvalue weighted by Gasteiger charge is 2.02. The predicted molar refractivity (Wildman–Crippen MR) is 67.8 cm³/mol. The summed E-state index contributed by atoms with van der Waals surface area (Å²) in [6, 6.07) is 4.09. The van der Waals surface area contributed by atoms with E-state index in [0.717, 1.165) is 21.4 Å². The lowest BCUT2D eigenvalue weighted by atomic mass is 10.3. The Morgan fingerprint density at radius 3 is 2.53 bits per heavy atom. The minimum absolute atomic E-state index is 0.416. The Balaban J connectivity index is 2.19. The van der Waals surface area contributed by atoms with Crippen molar-refractivity contribution in [3.8, 4) is 0 Å². The van der Waals surface area contributed by atoms with Crippen LogP contribution < -0.4 is 5.73 Å². The van der Waals surface area contributed by atoms with Gasteiger partial charge >= 0.3 is 0 Å². The van der Waals surface area contributed by atoms with Crippen molar-refractivity contribution < 1.29 is 0 Å². The van der Waals surface area contributed by atoms with E-state index in [0.29, 0.717) is 6.54 Å². The van der Waals surface area contributed by atoms with Crippen molar-refractivity contribution in [2.45, 2.75) is 30.4 Å². The van der Waals surface area contributed by atoms with Crippen LogP contribution in [0.2, 0.25) is 0 Å². The van der Waals surface area contributed by atoms with Crippen LogP contribution in [0.15, 0.2) is 34.6 Å². The Bertz CT molecular complexity index is 490. The summed E-state index contributed by atoms with van der Waals surface area (Å²) in [5.74, 6) is 0. The van der Waals surface area contributed by atoms with Crippen molar-refractivity contribution >= 4 is 11.8 Å². The molecule has 2 rings (SSSR count). The third kappa shape index (κ3) is 3.25. The lowest BCUT2D eigenvalue weighted by Gasteiger charge is -2.03. The molecule has 0 amide bonds. The number of nitrogens with two attached hydrogens (primary N) is 1. The summed E-state index contributed by atoms with van der Waals surface area (Å²) in [6.07, 6.45) is 3.43. The molecule has 0 fully saturated rings. The van der Waals surface area contributed by atoms with E-state index in [4.69, 9.17) is 5.73 Å². The highest BCUT2D eigenvalue weighted by atomic mass is 32.2. The van der Waals surface area contributed by atoms with E-state index in [1.54, 1.807) is 12.4 Å². The van der Waals surface area contributed by atoms with E-state index in [1.807, 2.05) is 19.1 Å². The van der Waals surface area contributed by atoms with E-state index in [2.05, 4.69) is 21.9 Å². The first-order chi connectivity index (χ1) is 8.17. The molecule has 0 aliphatic heterocycles. The van der Waals surface area contributed by atoms with Gasteiger partial charge in [0, 0.05) is 12.2 Å². The molecule has 0 radical (unpaired) electrons. The second kappa shape index (κ2) is 5.25. The standard InChI is InChI=1S/C12H14N4S/c1-8-3-9(2)16-11(4-8)17-12-7-14-10(5-13)6-15-12/h3-4,6-7H,5,13H2,1-2H3. The Labute approximate surface area is 105 Å². The average Bonchev–Trinajstić information content (AvgIpc) is 2.28. The molecule has 0 spiro atoms. The number of nitrogens with zero attached hydrogens (tertiary/aromatic N) is 3. The van der Waals surface area contributed by atoms with Gasteiger partial charge in [-0.3, -0.25) is 4.98 Å². The molecular weight excluding hydrogens is 232 g/mol. The molecule has 5 heteroatoms. The van der Waals surface area contributed by atoms with Gasteiger partial charge in [0.15, 0.2) is 0 Å². The smallest absolute Gasteiger partial charge is 0.121 e. The molecule has 0 unspecified atom stereocenters. The maximum Gasteiger partial charge on any atom is 0.121 e. The second-order valence-corrected chi connectivity index (χ2v) is 4.82. The van der Waals surface area contributed by atoms with Gasteiger partial charge < -0.3 is 5.73 Å². The average molecular weight is 246 g/mol. The normalized spacial score (nSPS) is 10.5. The van der Waals surface area contributed by atoms with Crippen LogP contribution in [0, 0.1) is 13.8 Å². The summed E-state index contributed by atoms with van der Waals surface area (Å²) in [4.78, 5) is 12.9. The van der Waals surface area contributed by atoms with Gasteiger partial charge in [0.1, 0.15) is 10.1 Å². The molecule has 2 N–H and O–H groups in total. The molecule has 0 aromatic carbocycles. The zero-order valence-electron chi connectivity index (χ0n) is 9.84. The van der Waals surface area contributed by atoms with Crippen LogP contribution in [0.5, 0.6) is 0 Å². The number of hydrogen-bond donors (Lipinski definition) is 1. The molecule has 17 heavy (non-hydrogen) atoms. The van der Waals surface area contributed by atoms with Crippen molar-refractivity contribution in [2.75, 3.05) is 0 Å². The molecule has 0 aliphatic carbocycles. The lowest BCUT2D eigenvalue weighted by molar-refractivity contribution is 0.921. The van der Waals surface area contributed by atoms with Crippen LogP contribution in [0.25, 0.3) is 0 Å². The number of rotatable bonds is 3. The van der Waals surface area contributed by atoms with Gasteiger partial charge in [0.25, 0.3) is 0 Å². The maximum absolute atomic E-state index is 5.47. The Hall–Kier alpha value is -1.46. The number of aromatic nitrogens is 3. The molecule has 2 aromatic rings. The summed E-state index contributed by atoms with van der Waals surface area (Å²) in [5, 5.41) is 1.77. The van der Waals surface area contributed by atoms with Crippen molar-refractivity contribution in [2.24, 2.45) is 5.73 Å². The van der Waals surface area contributed by atoms with E-state index >= 15 is 0 Å². The fourth-order valence-electron chi connectivity index (χ4n) is 1.46. The SMILES string of the molecule is Cc1cc(C)nc(Sc2cnc(CN)cn2)c1. The molecule has 0 bridgehead atoms. The van der Waals surface area contributed by atoms with E-state index in [1.165, 1.54) is 17.3 Å². The molecule has 2 heterocycles. The van der Waals surface area contributed by atoms with Crippen LogP contribution in [0.1, 0.15) is 17.0 Å². The lowest BCUT2D eigenvalue weighted by Crippen LogP contribution is -2.00. The molecule has 0 atom stereocenters. The summed E-state index contributed by atoms with van der Waals surface area (Å²) in [7, 11) is 0.